The number of rotatable bonds is 7. The summed E-state index contributed by atoms with van der Waals surface area (Å²) in [4.78, 5) is 19.0. The van der Waals surface area contributed by atoms with Crippen LogP contribution < -0.4 is 15.5 Å². The minimum atomic E-state index is -0.636. The molecule has 2 aliphatic rings. The van der Waals surface area contributed by atoms with Crippen molar-refractivity contribution in [1.29, 1.82) is 0 Å². The number of nitrogens with zero attached hydrogens (tertiary/aromatic N) is 2. The van der Waals surface area contributed by atoms with Crippen molar-refractivity contribution in [1.82, 2.24) is 15.6 Å². The van der Waals surface area contributed by atoms with E-state index in [-0.39, 0.29) is 12.5 Å². The second-order valence-electron chi connectivity index (χ2n) is 7.65. The zero-order valence-electron chi connectivity index (χ0n) is 16.5. The number of nitrogens with one attached hydrogen (secondary N) is 2. The standard InChI is InChI=1S/C22H28N4O3/c27-20(14-24-19-11-16-3-1-2-4-17(16)12-19)15-25-22(28)18-5-6-23-21(13-18)26-7-9-29-10-8-26/h1-6,13,19-20,24,27H,7-12,14-15H2,(H,25,28). The quantitative estimate of drug-likeness (QED) is 0.641. The third-order valence-electron chi connectivity index (χ3n) is 5.53. The van der Waals surface area contributed by atoms with Crippen molar-refractivity contribution in [2.24, 2.45) is 0 Å². The molecule has 7 nitrogen and oxygen atoms in total. The summed E-state index contributed by atoms with van der Waals surface area (Å²) in [6.45, 7) is 3.54. The van der Waals surface area contributed by atoms with E-state index in [4.69, 9.17) is 4.74 Å². The molecule has 154 valence electrons. The monoisotopic (exact) mass is 396 g/mol. The SMILES string of the molecule is O=C(NCC(O)CNC1Cc2ccccc2C1)c1ccnc(N2CCOCC2)c1. The van der Waals surface area contributed by atoms with Gasteiger partial charge in [0.05, 0.1) is 19.3 Å². The predicted octanol–water partition coefficient (Wildman–Crippen LogP) is 0.766. The molecule has 1 aromatic heterocycles. The van der Waals surface area contributed by atoms with E-state index in [1.807, 2.05) is 0 Å². The minimum absolute atomic E-state index is 0.200. The second kappa shape index (κ2) is 9.35. The molecule has 0 radical (unpaired) electrons. The Balaban J connectivity index is 1.22. The molecule has 1 unspecified atom stereocenters. The van der Waals surface area contributed by atoms with Crippen LogP contribution in [0.25, 0.3) is 0 Å². The average molecular weight is 396 g/mol. The molecule has 2 aromatic rings. The average Bonchev–Trinajstić information content (AvgIpc) is 3.20. The summed E-state index contributed by atoms with van der Waals surface area (Å²) in [5.74, 6) is 0.582. The zero-order chi connectivity index (χ0) is 20.1. The van der Waals surface area contributed by atoms with Gasteiger partial charge in [0, 0.05) is 44.0 Å². The molecule has 2 heterocycles. The van der Waals surface area contributed by atoms with Crippen LogP contribution in [0, 0.1) is 0 Å². The summed E-state index contributed by atoms with van der Waals surface area (Å²) in [5, 5.41) is 16.5. The van der Waals surface area contributed by atoms with Crippen molar-refractivity contribution in [3.8, 4) is 0 Å². The van der Waals surface area contributed by atoms with E-state index in [1.54, 1.807) is 18.3 Å². The Hall–Kier alpha value is -2.48. The Morgan fingerprint density at radius 2 is 1.90 bits per heavy atom. The van der Waals surface area contributed by atoms with Gasteiger partial charge in [0.15, 0.2) is 0 Å². The number of fused-ring (bicyclic) bond motifs is 1. The van der Waals surface area contributed by atoms with Gasteiger partial charge < -0.3 is 25.4 Å². The molecule has 0 saturated carbocycles. The number of anilines is 1. The molecule has 1 fully saturated rings. The van der Waals surface area contributed by atoms with Crippen LogP contribution in [0.3, 0.4) is 0 Å². The Morgan fingerprint density at radius 3 is 2.62 bits per heavy atom. The maximum Gasteiger partial charge on any atom is 0.251 e. The molecule has 1 aliphatic carbocycles. The van der Waals surface area contributed by atoms with Gasteiger partial charge in [-0.2, -0.15) is 0 Å². The molecule has 4 rings (SSSR count). The number of hydrogen-bond acceptors (Lipinski definition) is 6. The number of benzene rings is 1. The third-order valence-corrected chi connectivity index (χ3v) is 5.53. The van der Waals surface area contributed by atoms with Crippen LogP contribution >= 0.6 is 0 Å². The Labute approximate surface area is 171 Å². The maximum atomic E-state index is 12.5. The summed E-state index contributed by atoms with van der Waals surface area (Å²) >= 11 is 0. The molecule has 7 heteroatoms. The van der Waals surface area contributed by atoms with Crippen molar-refractivity contribution in [3.05, 3.63) is 59.3 Å². The summed E-state index contributed by atoms with van der Waals surface area (Å²) in [6, 6.07) is 12.3. The third kappa shape index (κ3) is 5.12. The summed E-state index contributed by atoms with van der Waals surface area (Å²) < 4.78 is 5.36. The van der Waals surface area contributed by atoms with E-state index in [0.29, 0.717) is 31.4 Å². The number of amides is 1. The smallest absolute Gasteiger partial charge is 0.251 e. The van der Waals surface area contributed by atoms with Gasteiger partial charge in [-0.25, -0.2) is 4.98 Å². The van der Waals surface area contributed by atoms with Crippen LogP contribution in [0.15, 0.2) is 42.6 Å². The first-order valence-electron chi connectivity index (χ1n) is 10.2. The summed E-state index contributed by atoms with van der Waals surface area (Å²) in [6.07, 6.45) is 2.98. The lowest BCUT2D eigenvalue weighted by Gasteiger charge is -2.27. The van der Waals surface area contributed by atoms with Gasteiger partial charge in [0.1, 0.15) is 5.82 Å². The Bertz CT molecular complexity index is 813. The van der Waals surface area contributed by atoms with Crippen LogP contribution in [-0.2, 0) is 17.6 Å². The van der Waals surface area contributed by atoms with E-state index in [1.165, 1.54) is 11.1 Å². The fraction of sp³-hybridized carbons (Fsp3) is 0.455. The number of aliphatic hydroxyl groups excluding tert-OH is 1. The van der Waals surface area contributed by atoms with Crippen LogP contribution in [0.4, 0.5) is 5.82 Å². The van der Waals surface area contributed by atoms with E-state index >= 15 is 0 Å². The van der Waals surface area contributed by atoms with Crippen molar-refractivity contribution in [3.63, 3.8) is 0 Å². The van der Waals surface area contributed by atoms with Crippen LogP contribution in [-0.4, -0.2) is 67.5 Å². The zero-order valence-corrected chi connectivity index (χ0v) is 16.5. The fourth-order valence-corrected chi connectivity index (χ4v) is 3.92. The summed E-state index contributed by atoms with van der Waals surface area (Å²) in [5.41, 5.74) is 3.30. The highest BCUT2D eigenvalue weighted by molar-refractivity contribution is 5.94. The first-order chi connectivity index (χ1) is 14.2. The molecular weight excluding hydrogens is 368 g/mol. The van der Waals surface area contributed by atoms with Crippen LogP contribution in [0.5, 0.6) is 0 Å². The number of aliphatic hydroxyl groups is 1. The number of carbonyl (C=O) groups excluding carboxylic acids is 1. The van der Waals surface area contributed by atoms with Gasteiger partial charge in [0.2, 0.25) is 0 Å². The molecule has 1 amide bonds. The predicted molar refractivity (Wildman–Crippen MR) is 111 cm³/mol. The van der Waals surface area contributed by atoms with Crippen molar-refractivity contribution in [2.75, 3.05) is 44.3 Å². The van der Waals surface area contributed by atoms with Crippen molar-refractivity contribution < 1.29 is 14.6 Å². The number of carbonyl (C=O) groups is 1. The maximum absolute atomic E-state index is 12.5. The molecule has 1 atom stereocenters. The van der Waals surface area contributed by atoms with Crippen LogP contribution in [0.2, 0.25) is 0 Å². The van der Waals surface area contributed by atoms with Gasteiger partial charge in [-0.1, -0.05) is 24.3 Å². The first-order valence-corrected chi connectivity index (χ1v) is 10.2. The van der Waals surface area contributed by atoms with E-state index < -0.39 is 6.10 Å². The summed E-state index contributed by atoms with van der Waals surface area (Å²) in [7, 11) is 0. The van der Waals surface area contributed by atoms with Gasteiger partial charge in [0.25, 0.3) is 5.91 Å². The number of hydrogen-bond donors (Lipinski definition) is 3. The second-order valence-corrected chi connectivity index (χ2v) is 7.65. The largest absolute Gasteiger partial charge is 0.390 e. The topological polar surface area (TPSA) is 86.7 Å². The van der Waals surface area contributed by atoms with Gasteiger partial charge in [-0.05, 0) is 36.1 Å². The van der Waals surface area contributed by atoms with Gasteiger partial charge >= 0.3 is 0 Å². The Morgan fingerprint density at radius 1 is 1.17 bits per heavy atom. The van der Waals surface area contributed by atoms with Crippen LogP contribution in [0.1, 0.15) is 21.5 Å². The van der Waals surface area contributed by atoms with Crippen molar-refractivity contribution in [2.45, 2.75) is 25.0 Å². The van der Waals surface area contributed by atoms with Gasteiger partial charge in [-0.15, -0.1) is 0 Å². The lowest BCUT2D eigenvalue weighted by atomic mass is 10.1. The van der Waals surface area contributed by atoms with Gasteiger partial charge in [-0.3, -0.25) is 4.79 Å². The van der Waals surface area contributed by atoms with Crippen molar-refractivity contribution >= 4 is 11.7 Å². The number of morpholine rings is 1. The number of aromatic nitrogens is 1. The highest BCUT2D eigenvalue weighted by atomic mass is 16.5. The number of pyridine rings is 1. The molecule has 3 N–H and O–H groups in total. The van der Waals surface area contributed by atoms with E-state index in [9.17, 15) is 9.90 Å². The normalized spacial score (nSPS) is 17.8. The minimum Gasteiger partial charge on any atom is -0.390 e. The highest BCUT2D eigenvalue weighted by Gasteiger charge is 2.21. The van der Waals surface area contributed by atoms with E-state index in [2.05, 4.69) is 44.8 Å². The molecule has 1 saturated heterocycles. The lowest BCUT2D eigenvalue weighted by Crippen LogP contribution is -2.42. The molecule has 1 aromatic carbocycles. The molecular formula is C22H28N4O3. The molecule has 1 aliphatic heterocycles. The lowest BCUT2D eigenvalue weighted by molar-refractivity contribution is 0.0914. The fourth-order valence-electron chi connectivity index (χ4n) is 3.92. The Kier molecular flexibility index (Phi) is 6.39. The number of ether oxygens (including phenoxy) is 1. The first kappa shape index (κ1) is 19.8. The molecule has 0 bridgehead atoms. The van der Waals surface area contributed by atoms with E-state index in [0.717, 1.165) is 31.7 Å². The molecule has 0 spiro atoms. The highest BCUT2D eigenvalue weighted by Crippen LogP contribution is 2.21. The molecule has 29 heavy (non-hydrogen) atoms.